The first-order valence-corrected chi connectivity index (χ1v) is 19.3. The van der Waals surface area contributed by atoms with Crippen molar-refractivity contribution in [3.05, 3.63) is 109 Å². The van der Waals surface area contributed by atoms with Crippen LogP contribution in [-0.2, 0) is 10.0 Å². The Hall–Kier alpha value is -4.81. The Labute approximate surface area is 298 Å². The van der Waals surface area contributed by atoms with Gasteiger partial charge in [-0.3, -0.25) is 14.6 Å². The molecule has 0 atom stereocenters. The van der Waals surface area contributed by atoms with Gasteiger partial charge in [0, 0.05) is 86.8 Å². The monoisotopic (exact) mass is 711 g/mol. The molecule has 7 rings (SSSR count). The van der Waals surface area contributed by atoms with Crippen molar-refractivity contribution in [1.29, 1.82) is 0 Å². The van der Waals surface area contributed by atoms with Crippen LogP contribution >= 0.6 is 0 Å². The first-order valence-electron chi connectivity index (χ1n) is 17.6. The van der Waals surface area contributed by atoms with Crippen LogP contribution in [0.1, 0.15) is 26.2 Å². The largest absolute Gasteiger partial charge is 0.369 e. The minimum atomic E-state index is -3.68. The summed E-state index contributed by atoms with van der Waals surface area (Å²) in [6, 6.07) is 23.6. The summed E-state index contributed by atoms with van der Waals surface area (Å²) in [7, 11) is -3.68. The molecule has 2 saturated heterocycles. The molecule has 9 nitrogen and oxygen atoms in total. The van der Waals surface area contributed by atoms with Gasteiger partial charge in [-0.25, -0.2) is 21.9 Å². The number of anilines is 3. The second-order valence-electron chi connectivity index (χ2n) is 13.3. The Morgan fingerprint density at radius 2 is 1.49 bits per heavy atom. The van der Waals surface area contributed by atoms with Gasteiger partial charge in [0.15, 0.2) is 5.82 Å². The lowest BCUT2D eigenvalue weighted by molar-refractivity contribution is 0.201. The highest BCUT2D eigenvalue weighted by Crippen LogP contribution is 2.36. The van der Waals surface area contributed by atoms with Crippen molar-refractivity contribution >= 4 is 27.1 Å². The van der Waals surface area contributed by atoms with Gasteiger partial charge in [0.25, 0.3) is 0 Å². The number of nitrogens with zero attached hydrogens (tertiary/aromatic N) is 6. The summed E-state index contributed by atoms with van der Waals surface area (Å²) in [5.74, 6) is -0.273. The molecule has 3 aromatic carbocycles. The maximum atomic E-state index is 15.9. The quantitative estimate of drug-likeness (QED) is 0.157. The van der Waals surface area contributed by atoms with Crippen molar-refractivity contribution < 1.29 is 17.2 Å². The standard InChI is InChI=1S/C39H43F2N7O2S/c1-2-26-51(49,50)44-36-8-5-6-33(38(36)41)34-28-48(43-39(34)30-14-18-42-19-15-30)32-12-10-31(11-13-32)46-24-22-45(23-25-46)27-29-16-20-47(21-17-29)37-9-4-3-7-35(37)40/h3-15,18-19,28-29,44H,2,16-17,20-27H2,1H3. The molecule has 0 radical (unpaired) electrons. The van der Waals surface area contributed by atoms with Crippen LogP contribution in [0.15, 0.2) is 97.5 Å². The minimum absolute atomic E-state index is 0.0936. The van der Waals surface area contributed by atoms with Crippen LogP contribution < -0.4 is 14.5 Å². The Kier molecular flexibility index (Phi) is 10.3. The number of pyridine rings is 1. The molecule has 51 heavy (non-hydrogen) atoms. The zero-order valence-corrected chi connectivity index (χ0v) is 29.6. The number of rotatable bonds is 11. The van der Waals surface area contributed by atoms with Crippen LogP contribution in [-0.4, -0.2) is 79.6 Å². The molecule has 1 N–H and O–H groups in total. The van der Waals surface area contributed by atoms with Gasteiger partial charge in [-0.15, -0.1) is 0 Å². The Balaban J connectivity index is 1.02. The summed E-state index contributed by atoms with van der Waals surface area (Å²) in [6.07, 6.45) is 7.68. The molecular weight excluding hydrogens is 669 g/mol. The van der Waals surface area contributed by atoms with Crippen LogP contribution in [0.3, 0.4) is 0 Å². The third kappa shape index (κ3) is 7.92. The number of sulfonamides is 1. The third-order valence-corrected chi connectivity index (χ3v) is 11.3. The van der Waals surface area contributed by atoms with E-state index in [1.807, 2.05) is 36.4 Å². The second kappa shape index (κ2) is 15.2. The number of aromatic nitrogens is 3. The number of hydrogen-bond donors (Lipinski definition) is 1. The van der Waals surface area contributed by atoms with E-state index in [9.17, 15) is 12.8 Å². The molecule has 4 heterocycles. The summed E-state index contributed by atoms with van der Waals surface area (Å²) >= 11 is 0. The van der Waals surface area contributed by atoms with E-state index in [0.717, 1.165) is 75.6 Å². The third-order valence-electron chi connectivity index (χ3n) is 9.87. The molecule has 266 valence electrons. The molecule has 2 aliphatic rings. The molecule has 0 spiro atoms. The van der Waals surface area contributed by atoms with Gasteiger partial charge >= 0.3 is 0 Å². The highest BCUT2D eigenvalue weighted by Gasteiger charge is 2.26. The van der Waals surface area contributed by atoms with Crippen LogP contribution in [0.2, 0.25) is 0 Å². The van der Waals surface area contributed by atoms with Gasteiger partial charge in [-0.05, 0) is 79.8 Å². The average Bonchev–Trinajstić information content (AvgIpc) is 3.59. The van der Waals surface area contributed by atoms with E-state index in [1.165, 1.54) is 12.1 Å². The zero-order chi connectivity index (χ0) is 35.4. The molecule has 2 aromatic heterocycles. The lowest BCUT2D eigenvalue weighted by Gasteiger charge is -2.40. The highest BCUT2D eigenvalue weighted by atomic mass is 32.2. The van der Waals surface area contributed by atoms with Crippen molar-refractivity contribution in [1.82, 2.24) is 19.7 Å². The molecule has 2 fully saturated rings. The molecule has 0 amide bonds. The van der Waals surface area contributed by atoms with Gasteiger partial charge in [0.2, 0.25) is 10.0 Å². The smallest absolute Gasteiger partial charge is 0.232 e. The van der Waals surface area contributed by atoms with Crippen molar-refractivity contribution in [2.45, 2.75) is 26.2 Å². The lowest BCUT2D eigenvalue weighted by atomic mass is 9.95. The molecular formula is C39H43F2N7O2S. The number of benzene rings is 3. The van der Waals surface area contributed by atoms with E-state index in [-0.39, 0.29) is 22.8 Å². The van der Waals surface area contributed by atoms with Crippen LogP contribution in [0.4, 0.5) is 25.8 Å². The summed E-state index contributed by atoms with van der Waals surface area (Å²) in [6.45, 7) is 8.47. The number of halogens is 2. The normalized spacial score (nSPS) is 16.1. The van der Waals surface area contributed by atoms with E-state index in [1.54, 1.807) is 48.4 Å². The van der Waals surface area contributed by atoms with E-state index in [2.05, 4.69) is 36.5 Å². The van der Waals surface area contributed by atoms with Gasteiger partial charge < -0.3 is 9.80 Å². The summed E-state index contributed by atoms with van der Waals surface area (Å²) in [5, 5.41) is 4.88. The maximum absolute atomic E-state index is 15.9. The number of piperazine rings is 1. The fourth-order valence-corrected chi connectivity index (χ4v) is 8.30. The maximum Gasteiger partial charge on any atom is 0.232 e. The topological polar surface area (TPSA) is 86.6 Å². The van der Waals surface area contributed by atoms with Crippen molar-refractivity contribution in [2.75, 3.05) is 66.1 Å². The van der Waals surface area contributed by atoms with E-state index >= 15 is 4.39 Å². The van der Waals surface area contributed by atoms with Gasteiger partial charge in [0.1, 0.15) is 11.5 Å². The van der Waals surface area contributed by atoms with Crippen LogP contribution in [0.5, 0.6) is 0 Å². The molecule has 0 unspecified atom stereocenters. The van der Waals surface area contributed by atoms with Crippen LogP contribution in [0.25, 0.3) is 28.1 Å². The summed E-state index contributed by atoms with van der Waals surface area (Å²) in [4.78, 5) is 11.3. The van der Waals surface area contributed by atoms with Gasteiger partial charge in [0.05, 0.1) is 22.8 Å². The van der Waals surface area contributed by atoms with E-state index in [4.69, 9.17) is 5.10 Å². The predicted molar refractivity (Wildman–Crippen MR) is 200 cm³/mol. The average molecular weight is 712 g/mol. The fraction of sp³-hybridized carbons (Fsp3) is 0.333. The number of nitrogens with one attached hydrogen (secondary N) is 1. The van der Waals surface area contributed by atoms with Crippen molar-refractivity contribution in [2.24, 2.45) is 5.92 Å². The summed E-state index contributed by atoms with van der Waals surface area (Å²) in [5.41, 5.74) is 4.68. The zero-order valence-electron chi connectivity index (χ0n) is 28.8. The van der Waals surface area contributed by atoms with Crippen molar-refractivity contribution in [3.8, 4) is 28.1 Å². The van der Waals surface area contributed by atoms with Crippen LogP contribution in [0, 0.1) is 17.6 Å². The minimum Gasteiger partial charge on any atom is -0.369 e. The lowest BCUT2D eigenvalue weighted by Crippen LogP contribution is -2.49. The van der Waals surface area contributed by atoms with Gasteiger partial charge in [-0.2, -0.15) is 5.10 Å². The summed E-state index contributed by atoms with van der Waals surface area (Å²) < 4.78 is 59.3. The first-order chi connectivity index (χ1) is 24.8. The number of piperidine rings is 1. The molecule has 0 aliphatic carbocycles. The Morgan fingerprint density at radius 1 is 0.784 bits per heavy atom. The SMILES string of the molecule is CCCS(=O)(=O)Nc1cccc(-c2cn(-c3ccc(N4CCN(CC5CCN(c6ccccc6F)CC5)CC4)cc3)nc2-c2ccncc2)c1F. The number of hydrogen-bond acceptors (Lipinski definition) is 7. The molecule has 5 aromatic rings. The Bertz CT molecular complexity index is 2040. The second-order valence-corrected chi connectivity index (χ2v) is 15.2. The molecule has 12 heteroatoms. The van der Waals surface area contributed by atoms with E-state index in [0.29, 0.717) is 29.3 Å². The molecule has 0 bridgehead atoms. The highest BCUT2D eigenvalue weighted by molar-refractivity contribution is 7.92. The van der Waals surface area contributed by atoms with E-state index < -0.39 is 15.8 Å². The molecule has 2 aliphatic heterocycles. The van der Waals surface area contributed by atoms with Crippen molar-refractivity contribution in [3.63, 3.8) is 0 Å². The fourth-order valence-electron chi connectivity index (χ4n) is 7.17. The number of para-hydroxylation sites is 1. The predicted octanol–water partition coefficient (Wildman–Crippen LogP) is 7.07. The van der Waals surface area contributed by atoms with Gasteiger partial charge in [-0.1, -0.05) is 31.2 Å². The first kappa shape index (κ1) is 34.6. The Morgan fingerprint density at radius 3 is 2.20 bits per heavy atom. The molecule has 0 saturated carbocycles.